The zero-order chi connectivity index (χ0) is 18.4. The van der Waals surface area contributed by atoms with Gasteiger partial charge in [0.15, 0.2) is 5.65 Å². The molecule has 130 valence electrons. The summed E-state index contributed by atoms with van der Waals surface area (Å²) in [6.07, 6.45) is -3.11. The van der Waals surface area contributed by atoms with Crippen LogP contribution in [0.4, 0.5) is 19.1 Å². The Bertz CT molecular complexity index is 979. The Balaban J connectivity index is 2.35. The van der Waals surface area contributed by atoms with Crippen LogP contribution < -0.4 is 5.73 Å². The number of aromatic nitrogens is 3. The van der Waals surface area contributed by atoms with Crippen LogP contribution in [0.25, 0.3) is 16.8 Å². The number of alkyl halides is 3. The van der Waals surface area contributed by atoms with E-state index in [2.05, 4.69) is 10.1 Å². The summed E-state index contributed by atoms with van der Waals surface area (Å²) in [6, 6.07) is 4.76. The average molecular weight is 350 g/mol. The molecule has 0 bridgehead atoms. The molecule has 0 amide bonds. The molecular weight excluding hydrogens is 337 g/mol. The Morgan fingerprint density at radius 1 is 1.32 bits per heavy atom. The number of pyridine rings is 1. The first-order valence-electron chi connectivity index (χ1n) is 7.13. The van der Waals surface area contributed by atoms with Crippen LogP contribution in [-0.2, 0) is 10.9 Å². The molecule has 0 aliphatic carbocycles. The minimum Gasteiger partial charge on any atom is -0.465 e. The van der Waals surface area contributed by atoms with Gasteiger partial charge in [-0.2, -0.15) is 18.2 Å². The lowest BCUT2D eigenvalue weighted by Crippen LogP contribution is -2.09. The van der Waals surface area contributed by atoms with Gasteiger partial charge < -0.3 is 10.5 Å². The van der Waals surface area contributed by atoms with Gasteiger partial charge in [0.25, 0.3) is 0 Å². The molecule has 2 aromatic heterocycles. The fourth-order valence-corrected chi connectivity index (χ4v) is 2.63. The number of rotatable bonds is 2. The minimum atomic E-state index is -4.49. The van der Waals surface area contributed by atoms with E-state index in [4.69, 9.17) is 10.5 Å². The first kappa shape index (κ1) is 16.7. The Hall–Kier alpha value is -3.10. The van der Waals surface area contributed by atoms with E-state index in [0.29, 0.717) is 11.1 Å². The third kappa shape index (κ3) is 2.88. The highest BCUT2D eigenvalue weighted by Gasteiger charge is 2.31. The second-order valence-corrected chi connectivity index (χ2v) is 5.35. The van der Waals surface area contributed by atoms with Crippen molar-refractivity contribution in [2.24, 2.45) is 0 Å². The number of nitrogens with zero attached hydrogens (tertiary/aromatic N) is 3. The molecule has 6 nitrogen and oxygen atoms in total. The highest BCUT2D eigenvalue weighted by molar-refractivity contribution is 5.95. The number of esters is 1. The molecule has 0 unspecified atom stereocenters. The minimum absolute atomic E-state index is 0.0605. The normalized spacial score (nSPS) is 11.7. The number of hydrogen-bond acceptors (Lipinski definition) is 5. The Labute approximate surface area is 140 Å². The Kier molecular flexibility index (Phi) is 3.86. The van der Waals surface area contributed by atoms with E-state index in [0.717, 1.165) is 12.1 Å². The maximum Gasteiger partial charge on any atom is 0.416 e. The van der Waals surface area contributed by atoms with Crippen LogP contribution >= 0.6 is 0 Å². The summed E-state index contributed by atoms with van der Waals surface area (Å²) in [6.45, 7) is 1.60. The molecule has 0 spiro atoms. The lowest BCUT2D eigenvalue weighted by atomic mass is 9.97. The van der Waals surface area contributed by atoms with Gasteiger partial charge in [-0.3, -0.25) is 0 Å². The third-order valence-electron chi connectivity index (χ3n) is 3.79. The van der Waals surface area contributed by atoms with Crippen molar-refractivity contribution in [3.8, 4) is 11.1 Å². The quantitative estimate of drug-likeness (QED) is 0.718. The van der Waals surface area contributed by atoms with Crippen molar-refractivity contribution in [2.45, 2.75) is 13.1 Å². The van der Waals surface area contributed by atoms with Crippen LogP contribution in [0.2, 0.25) is 0 Å². The number of hydrogen-bond donors (Lipinski definition) is 1. The number of fused-ring (bicyclic) bond motifs is 1. The number of ether oxygens (including phenoxy) is 1. The first-order chi connectivity index (χ1) is 11.7. The molecule has 3 rings (SSSR count). The average Bonchev–Trinajstić information content (AvgIpc) is 2.92. The molecule has 0 fully saturated rings. The number of nitrogen functional groups attached to an aromatic ring is 1. The van der Waals surface area contributed by atoms with Gasteiger partial charge in [-0.25, -0.2) is 9.31 Å². The molecule has 0 saturated heterocycles. The number of halogens is 3. The molecule has 25 heavy (non-hydrogen) atoms. The van der Waals surface area contributed by atoms with Crippen LogP contribution in [0.3, 0.4) is 0 Å². The van der Waals surface area contributed by atoms with Gasteiger partial charge in [0, 0.05) is 11.8 Å². The van der Waals surface area contributed by atoms with Gasteiger partial charge >= 0.3 is 12.1 Å². The SMILES string of the molecule is COC(=O)c1cn2nc(N)nc2c(-c2cccc(C(F)(F)F)c2)c1C. The van der Waals surface area contributed by atoms with Crippen molar-refractivity contribution in [1.29, 1.82) is 0 Å². The highest BCUT2D eigenvalue weighted by atomic mass is 19.4. The van der Waals surface area contributed by atoms with Gasteiger partial charge in [0.1, 0.15) is 0 Å². The van der Waals surface area contributed by atoms with Gasteiger partial charge in [-0.1, -0.05) is 12.1 Å². The molecule has 0 atom stereocenters. The molecule has 0 saturated carbocycles. The fourth-order valence-electron chi connectivity index (χ4n) is 2.63. The summed E-state index contributed by atoms with van der Waals surface area (Å²) in [5.74, 6) is -0.698. The summed E-state index contributed by atoms with van der Waals surface area (Å²) in [4.78, 5) is 16.1. The van der Waals surface area contributed by atoms with Crippen molar-refractivity contribution in [3.63, 3.8) is 0 Å². The predicted molar refractivity (Wildman–Crippen MR) is 83.9 cm³/mol. The number of nitrogens with two attached hydrogens (primary N) is 1. The molecular formula is C16H13F3N4O2. The largest absolute Gasteiger partial charge is 0.465 e. The van der Waals surface area contributed by atoms with E-state index in [1.165, 1.54) is 30.0 Å². The highest BCUT2D eigenvalue weighted by Crippen LogP contribution is 2.35. The topological polar surface area (TPSA) is 82.5 Å². The summed E-state index contributed by atoms with van der Waals surface area (Å²) >= 11 is 0. The van der Waals surface area contributed by atoms with Crippen molar-refractivity contribution < 1.29 is 22.7 Å². The first-order valence-corrected chi connectivity index (χ1v) is 7.13. The molecule has 2 heterocycles. The maximum absolute atomic E-state index is 13.0. The molecule has 1 aromatic carbocycles. The van der Waals surface area contributed by atoms with E-state index < -0.39 is 17.7 Å². The monoisotopic (exact) mass is 350 g/mol. The zero-order valence-corrected chi connectivity index (χ0v) is 13.3. The van der Waals surface area contributed by atoms with E-state index in [1.807, 2.05) is 0 Å². The lowest BCUT2D eigenvalue weighted by molar-refractivity contribution is -0.137. The molecule has 3 aromatic rings. The second kappa shape index (κ2) is 5.76. The van der Waals surface area contributed by atoms with E-state index in [9.17, 15) is 18.0 Å². The Morgan fingerprint density at radius 2 is 2.04 bits per heavy atom. The van der Waals surface area contributed by atoms with Crippen LogP contribution in [0.1, 0.15) is 21.5 Å². The van der Waals surface area contributed by atoms with Crippen LogP contribution in [0, 0.1) is 6.92 Å². The molecule has 0 aliphatic heterocycles. The van der Waals surface area contributed by atoms with Crippen molar-refractivity contribution >= 4 is 17.6 Å². The van der Waals surface area contributed by atoms with Crippen molar-refractivity contribution in [1.82, 2.24) is 14.6 Å². The number of benzene rings is 1. The molecule has 2 N–H and O–H groups in total. The van der Waals surface area contributed by atoms with Crippen LogP contribution in [0.15, 0.2) is 30.5 Å². The standard InChI is InChI=1S/C16H13F3N4O2/c1-8-11(14(24)25-2)7-23-13(21-15(20)22-23)12(8)9-4-3-5-10(6-9)16(17,18)19/h3-7H,1-2H3,(H2,20,22). The van der Waals surface area contributed by atoms with Crippen molar-refractivity contribution in [3.05, 3.63) is 47.2 Å². The summed E-state index contributed by atoms with van der Waals surface area (Å²) in [5.41, 5.74) is 6.21. The third-order valence-corrected chi connectivity index (χ3v) is 3.79. The van der Waals surface area contributed by atoms with Gasteiger partial charge in [-0.05, 0) is 30.2 Å². The van der Waals surface area contributed by atoms with Gasteiger partial charge in [0.05, 0.1) is 18.2 Å². The van der Waals surface area contributed by atoms with Gasteiger partial charge in [0.2, 0.25) is 5.95 Å². The van der Waals surface area contributed by atoms with Gasteiger partial charge in [-0.15, -0.1) is 5.10 Å². The number of methoxy groups -OCH3 is 1. The summed E-state index contributed by atoms with van der Waals surface area (Å²) < 4.78 is 45.1. The summed E-state index contributed by atoms with van der Waals surface area (Å²) in [5, 5.41) is 3.94. The van der Waals surface area contributed by atoms with Crippen LogP contribution in [0.5, 0.6) is 0 Å². The maximum atomic E-state index is 13.0. The zero-order valence-electron chi connectivity index (χ0n) is 13.3. The molecule has 0 aliphatic rings. The predicted octanol–water partition coefficient (Wildman–Crippen LogP) is 3.09. The molecule has 9 heteroatoms. The lowest BCUT2D eigenvalue weighted by Gasteiger charge is -2.13. The second-order valence-electron chi connectivity index (χ2n) is 5.35. The number of carbonyl (C=O) groups excluding carboxylic acids is 1. The fraction of sp³-hybridized carbons (Fsp3) is 0.188. The van der Waals surface area contributed by atoms with E-state index in [-0.39, 0.29) is 22.7 Å². The van der Waals surface area contributed by atoms with Crippen LogP contribution in [-0.4, -0.2) is 27.7 Å². The Morgan fingerprint density at radius 3 is 2.68 bits per heavy atom. The summed E-state index contributed by atoms with van der Waals surface area (Å²) in [7, 11) is 1.21. The number of carbonyl (C=O) groups is 1. The number of anilines is 1. The smallest absolute Gasteiger partial charge is 0.416 e. The van der Waals surface area contributed by atoms with Crippen molar-refractivity contribution in [2.75, 3.05) is 12.8 Å². The van der Waals surface area contributed by atoms with E-state index >= 15 is 0 Å². The molecule has 0 radical (unpaired) electrons. The van der Waals surface area contributed by atoms with E-state index in [1.54, 1.807) is 6.92 Å².